The van der Waals surface area contributed by atoms with Gasteiger partial charge in [-0.3, -0.25) is 14.9 Å². The number of nitriles is 1. The Labute approximate surface area is 413 Å². The number of hydrogen-bond acceptors (Lipinski definition) is 11. The minimum atomic E-state index is -1.61. The van der Waals surface area contributed by atoms with Crippen molar-refractivity contribution < 1.29 is 43.4 Å². The Morgan fingerprint density at radius 1 is 0.930 bits per heavy atom. The number of nitro groups is 1. The Kier molecular flexibility index (Phi) is 16.1. The molecule has 13 nitrogen and oxygen atoms in total. The van der Waals surface area contributed by atoms with Gasteiger partial charge in [0.1, 0.15) is 35.7 Å². The molecular formula is C57H59FN4O9. The number of rotatable bonds is 21. The molecule has 71 heavy (non-hydrogen) atoms. The smallest absolute Gasteiger partial charge is 0.269 e. The first kappa shape index (κ1) is 50.2. The second-order valence-electron chi connectivity index (χ2n) is 18.6. The van der Waals surface area contributed by atoms with Gasteiger partial charge in [0.25, 0.3) is 11.6 Å². The molecule has 2 aliphatic carbocycles. The minimum Gasteiger partial charge on any atom is -0.459 e. The standard InChI is InChI=1S/C57H59FN4O9/c1-4-29-68-57-53(61(35-40-14-20-44(58)21-15-40)56(65)42-18-12-39(34-59)13-19-42)33-51(60-69-36-41-16-22-45(23-17-41)62(66)67)49-31-43(9-5-7-27-63)48(10-6-8-28-64)54(55(49)57)50-32-47(25-26-52(50)71-57)70-46-24-11-37(2)38(3)30-46/h4,11-26,30-32,43,48,53-55,63-64H,1,5-10,27-29,33,35-36H2,2-3H3. The van der Waals surface area contributed by atoms with Gasteiger partial charge in [-0.1, -0.05) is 48.3 Å². The van der Waals surface area contributed by atoms with Gasteiger partial charge in [0.15, 0.2) is 0 Å². The van der Waals surface area contributed by atoms with Crippen molar-refractivity contribution in [2.75, 3.05) is 19.8 Å². The summed E-state index contributed by atoms with van der Waals surface area (Å²) in [6, 6.07) is 31.3. The predicted octanol–water partition coefficient (Wildman–Crippen LogP) is 11.2. The number of nitro benzene ring substituents is 1. The molecule has 0 bridgehead atoms. The Bertz CT molecular complexity index is 2810. The number of nitrogens with zero attached hydrogens (tertiary/aromatic N) is 4. The summed E-state index contributed by atoms with van der Waals surface area (Å²) in [7, 11) is 0. The van der Waals surface area contributed by atoms with E-state index >= 15 is 4.79 Å². The number of ether oxygens (including phenoxy) is 3. The fourth-order valence-corrected chi connectivity index (χ4v) is 10.5. The highest BCUT2D eigenvalue weighted by Crippen LogP contribution is 2.62. The number of benzene rings is 5. The second kappa shape index (κ2) is 22.7. The van der Waals surface area contributed by atoms with Crippen molar-refractivity contribution in [3.8, 4) is 23.3 Å². The lowest BCUT2D eigenvalue weighted by Crippen LogP contribution is -2.70. The number of aryl methyl sites for hydroxylation is 2. The summed E-state index contributed by atoms with van der Waals surface area (Å²) in [5, 5.41) is 46.2. The third-order valence-corrected chi connectivity index (χ3v) is 14.1. The maximum absolute atomic E-state index is 15.4. The fraction of sp³-hybridized carbons (Fsp3) is 0.351. The summed E-state index contributed by atoms with van der Waals surface area (Å²) < 4.78 is 35.7. The van der Waals surface area contributed by atoms with Crippen LogP contribution in [-0.2, 0) is 22.7 Å². The van der Waals surface area contributed by atoms with Gasteiger partial charge in [-0.25, -0.2) is 4.39 Å². The largest absolute Gasteiger partial charge is 0.459 e. The van der Waals surface area contributed by atoms with Crippen LogP contribution in [0, 0.1) is 58.9 Å². The number of allylic oxidation sites excluding steroid dienone is 1. The summed E-state index contributed by atoms with van der Waals surface area (Å²) in [6.07, 6.45) is 8.06. The first-order chi connectivity index (χ1) is 34.5. The molecule has 6 atom stereocenters. The Morgan fingerprint density at radius 2 is 1.62 bits per heavy atom. The third kappa shape index (κ3) is 11.1. The highest BCUT2D eigenvalue weighted by molar-refractivity contribution is 6.03. The predicted molar refractivity (Wildman–Crippen MR) is 266 cm³/mol. The van der Waals surface area contributed by atoms with Gasteiger partial charge in [0.2, 0.25) is 5.79 Å². The molecule has 1 fully saturated rings. The zero-order valence-electron chi connectivity index (χ0n) is 40.0. The monoisotopic (exact) mass is 962 g/mol. The molecule has 1 saturated carbocycles. The van der Waals surface area contributed by atoms with Crippen molar-refractivity contribution in [1.82, 2.24) is 4.90 Å². The van der Waals surface area contributed by atoms with Crippen LogP contribution in [0.5, 0.6) is 17.2 Å². The number of carbonyl (C=O) groups is 1. The van der Waals surface area contributed by atoms with Crippen LogP contribution in [0.25, 0.3) is 0 Å². The van der Waals surface area contributed by atoms with E-state index in [2.05, 4.69) is 18.7 Å². The average molecular weight is 963 g/mol. The van der Waals surface area contributed by atoms with Crippen molar-refractivity contribution in [2.24, 2.45) is 22.9 Å². The topological polar surface area (TPSA) is 177 Å². The van der Waals surface area contributed by atoms with Crippen LogP contribution in [0.3, 0.4) is 0 Å². The van der Waals surface area contributed by atoms with Gasteiger partial charge in [-0.15, -0.1) is 6.58 Å². The van der Waals surface area contributed by atoms with Crippen LogP contribution in [0.2, 0.25) is 0 Å². The summed E-state index contributed by atoms with van der Waals surface area (Å²) >= 11 is 0. The first-order valence-electron chi connectivity index (χ1n) is 24.2. The average Bonchev–Trinajstić information content (AvgIpc) is 3.38. The molecule has 14 heteroatoms. The van der Waals surface area contributed by atoms with Crippen LogP contribution >= 0.6 is 0 Å². The van der Waals surface area contributed by atoms with Crippen molar-refractivity contribution in [1.29, 1.82) is 5.26 Å². The minimum absolute atomic E-state index is 0.000970. The van der Waals surface area contributed by atoms with Crippen LogP contribution in [-0.4, -0.2) is 63.3 Å². The van der Waals surface area contributed by atoms with Crippen molar-refractivity contribution in [2.45, 2.75) is 89.7 Å². The lowest BCUT2D eigenvalue weighted by Gasteiger charge is -2.60. The molecule has 5 aromatic carbocycles. The zero-order chi connectivity index (χ0) is 50.1. The van der Waals surface area contributed by atoms with E-state index in [1.165, 1.54) is 24.3 Å². The van der Waals surface area contributed by atoms with E-state index in [9.17, 15) is 30.0 Å². The van der Waals surface area contributed by atoms with E-state index in [0.29, 0.717) is 64.5 Å². The summed E-state index contributed by atoms with van der Waals surface area (Å²) in [6.45, 7) is 8.21. The normalized spacial score (nSPS) is 21.4. The van der Waals surface area contributed by atoms with Gasteiger partial charge in [0.05, 0.1) is 34.8 Å². The molecule has 2 N–H and O–H groups in total. The van der Waals surface area contributed by atoms with Crippen molar-refractivity contribution in [3.63, 3.8) is 0 Å². The van der Waals surface area contributed by atoms with Gasteiger partial charge < -0.3 is 34.2 Å². The number of unbranched alkanes of at least 4 members (excludes halogenated alkanes) is 2. The molecule has 0 aromatic heterocycles. The second-order valence-corrected chi connectivity index (χ2v) is 18.6. The highest BCUT2D eigenvalue weighted by atomic mass is 19.1. The van der Waals surface area contributed by atoms with E-state index in [1.807, 2.05) is 50.2 Å². The quantitative estimate of drug-likeness (QED) is 0.0311. The third-order valence-electron chi connectivity index (χ3n) is 14.1. The van der Waals surface area contributed by atoms with Crippen LogP contribution < -0.4 is 9.47 Å². The summed E-state index contributed by atoms with van der Waals surface area (Å²) in [5.41, 5.74) is 6.35. The van der Waals surface area contributed by atoms with E-state index in [4.69, 9.17) is 24.2 Å². The Balaban J connectivity index is 1.36. The number of non-ortho nitro benzene ring substituents is 1. The van der Waals surface area contributed by atoms with Gasteiger partial charge >= 0.3 is 0 Å². The number of fused-ring (bicyclic) bond motifs is 2. The maximum atomic E-state index is 15.4. The SMILES string of the molecule is C=CCOC12Oc3ccc(Oc4ccc(C)c(C)c4)cc3C3C(CCCCO)C(CCCCO)C=C(C(=NOCc4ccc([N+](=O)[O-])cc4)CC1N(Cc1ccc(F)cc1)C(=O)c1ccc(C#N)cc1)C32. The molecule has 5 aromatic rings. The number of carbonyl (C=O) groups excluding carboxylic acids is 1. The molecule has 1 heterocycles. The van der Waals surface area contributed by atoms with Crippen LogP contribution in [0.1, 0.15) is 94.6 Å². The van der Waals surface area contributed by atoms with Crippen molar-refractivity contribution >= 4 is 17.3 Å². The molecular weight excluding hydrogens is 904 g/mol. The lowest BCUT2D eigenvalue weighted by atomic mass is 9.55. The summed E-state index contributed by atoms with van der Waals surface area (Å²) in [5.74, 6) is -1.75. The maximum Gasteiger partial charge on any atom is 0.269 e. The number of aliphatic hydroxyl groups is 2. The van der Waals surface area contributed by atoms with E-state index in [0.717, 1.165) is 41.5 Å². The first-order valence-corrected chi connectivity index (χ1v) is 24.2. The number of halogens is 1. The number of hydrogen-bond donors (Lipinski definition) is 2. The van der Waals surface area contributed by atoms with Crippen LogP contribution in [0.15, 0.2) is 139 Å². The summed E-state index contributed by atoms with van der Waals surface area (Å²) in [4.78, 5) is 34.3. The van der Waals surface area contributed by atoms with Gasteiger partial charge in [0, 0.05) is 55.4 Å². The number of aliphatic hydroxyl groups excluding tert-OH is 2. The number of oxime groups is 1. The Morgan fingerprint density at radius 3 is 2.30 bits per heavy atom. The van der Waals surface area contributed by atoms with E-state index < -0.39 is 34.4 Å². The molecule has 1 aliphatic heterocycles. The molecule has 8 rings (SSSR count). The molecule has 0 saturated heterocycles. The van der Waals surface area contributed by atoms with Crippen molar-refractivity contribution in [3.05, 3.63) is 188 Å². The molecule has 0 spiro atoms. The Hall–Kier alpha value is -7.18. The fourth-order valence-electron chi connectivity index (χ4n) is 10.5. The van der Waals surface area contributed by atoms with E-state index in [-0.39, 0.29) is 62.8 Å². The van der Waals surface area contributed by atoms with Gasteiger partial charge in [-0.05, 0) is 158 Å². The molecule has 6 unspecified atom stereocenters. The number of amides is 1. The molecule has 1 amide bonds. The molecule has 0 radical (unpaired) electrons. The lowest BCUT2D eigenvalue weighted by molar-refractivity contribution is -0.384. The molecule has 368 valence electrons. The van der Waals surface area contributed by atoms with Crippen LogP contribution in [0.4, 0.5) is 10.1 Å². The highest BCUT2D eigenvalue weighted by Gasteiger charge is 2.65. The molecule has 3 aliphatic rings. The van der Waals surface area contributed by atoms with E-state index in [1.54, 1.807) is 59.5 Å². The zero-order valence-corrected chi connectivity index (χ0v) is 40.0. The van der Waals surface area contributed by atoms with Gasteiger partial charge in [-0.2, -0.15) is 5.26 Å².